The molecule has 44 heavy (non-hydrogen) atoms. The second kappa shape index (κ2) is 14.2. The van der Waals surface area contributed by atoms with Crippen LogP contribution in [-0.2, 0) is 9.53 Å². The Morgan fingerprint density at radius 1 is 1.11 bits per heavy atom. The van der Waals surface area contributed by atoms with Gasteiger partial charge < -0.3 is 15.0 Å². The van der Waals surface area contributed by atoms with E-state index in [0.717, 1.165) is 29.9 Å². The number of nitrogens with one attached hydrogen (secondary N) is 1. The van der Waals surface area contributed by atoms with Crippen molar-refractivity contribution in [1.29, 1.82) is 0 Å². The number of hydrogen-bond donors (Lipinski definition) is 1. The van der Waals surface area contributed by atoms with Crippen LogP contribution in [0.25, 0.3) is 0 Å². The first-order valence-corrected chi connectivity index (χ1v) is 15.1. The molecule has 1 N–H and O–H groups in total. The van der Waals surface area contributed by atoms with E-state index in [1.165, 1.54) is 36.1 Å². The Bertz CT molecular complexity index is 1270. The third kappa shape index (κ3) is 8.25. The van der Waals surface area contributed by atoms with Gasteiger partial charge in [-0.2, -0.15) is 13.2 Å². The topological polar surface area (TPSA) is 61.9 Å². The molecule has 6 nitrogen and oxygen atoms in total. The third-order valence-electron chi connectivity index (χ3n) is 8.12. The first kappa shape index (κ1) is 33.6. The maximum absolute atomic E-state index is 16.0. The normalized spacial score (nSPS) is 21.0. The molecule has 2 saturated carbocycles. The van der Waals surface area contributed by atoms with Crippen molar-refractivity contribution in [2.75, 3.05) is 31.2 Å². The summed E-state index contributed by atoms with van der Waals surface area (Å²) in [5.41, 5.74) is -1.41. The zero-order valence-corrected chi connectivity index (χ0v) is 24.9. The van der Waals surface area contributed by atoms with Gasteiger partial charge in [0.2, 0.25) is 11.8 Å². The van der Waals surface area contributed by atoms with Crippen molar-refractivity contribution in [1.82, 2.24) is 10.2 Å². The number of benzene rings is 1. The quantitative estimate of drug-likeness (QED) is 0.229. The van der Waals surface area contributed by atoms with E-state index in [1.54, 1.807) is 13.0 Å². The SMILES string of the molecule is C\C=C/C(=C(\C=C\CC)C(C(=O)NC1CCC(F)(F)CC1)N(C(=O)N1CCOCC1)c1ccc(C2CC2)cc1F)C(F)(F)F. The van der Waals surface area contributed by atoms with Gasteiger partial charge in [-0.15, -0.1) is 0 Å². The van der Waals surface area contributed by atoms with E-state index in [9.17, 15) is 31.5 Å². The van der Waals surface area contributed by atoms with Gasteiger partial charge in [-0.1, -0.05) is 37.3 Å². The average Bonchev–Trinajstić information content (AvgIpc) is 3.83. The Morgan fingerprint density at radius 3 is 2.32 bits per heavy atom. The van der Waals surface area contributed by atoms with E-state index in [0.29, 0.717) is 12.0 Å². The second-order valence-electron chi connectivity index (χ2n) is 11.5. The standard InChI is InChI=1S/C32H39F6N3O3/c1-3-5-7-24(25(6-4-2)32(36,37)38)28(29(42)39-23-12-14-31(34,35)15-13-23)41(30(43)40-16-18-44-19-17-40)27-11-10-22(20-26(27)33)21-8-9-21/h4-7,10-11,20-21,23,28H,3,8-9,12-19H2,1-2H3,(H,39,42)/b6-4-,7-5+,25-24-. The van der Waals surface area contributed by atoms with Crippen LogP contribution in [-0.4, -0.2) is 67.3 Å². The number of carbonyl (C=O) groups excluding carboxylic acids is 2. The average molecular weight is 628 g/mol. The molecular weight excluding hydrogens is 588 g/mol. The minimum absolute atomic E-state index is 0.0774. The molecule has 1 atom stereocenters. The molecule has 2 aliphatic carbocycles. The third-order valence-corrected chi connectivity index (χ3v) is 8.12. The monoisotopic (exact) mass is 627 g/mol. The van der Waals surface area contributed by atoms with Crippen LogP contribution in [0, 0.1) is 5.82 Å². The van der Waals surface area contributed by atoms with E-state index in [4.69, 9.17) is 4.74 Å². The fraction of sp³-hybridized carbons (Fsp3) is 0.562. The molecule has 1 aliphatic heterocycles. The van der Waals surface area contributed by atoms with Gasteiger partial charge in [-0.05, 0) is 68.2 Å². The van der Waals surface area contributed by atoms with Gasteiger partial charge >= 0.3 is 12.2 Å². The van der Waals surface area contributed by atoms with Crippen LogP contribution in [0.2, 0.25) is 0 Å². The van der Waals surface area contributed by atoms with Gasteiger partial charge in [0.1, 0.15) is 11.9 Å². The summed E-state index contributed by atoms with van der Waals surface area (Å²) in [4.78, 5) is 30.5. The summed E-state index contributed by atoms with van der Waals surface area (Å²) in [6.45, 7) is 3.54. The molecule has 242 valence electrons. The number of hydrogen-bond acceptors (Lipinski definition) is 3. The summed E-state index contributed by atoms with van der Waals surface area (Å²) >= 11 is 0. The molecule has 3 fully saturated rings. The summed E-state index contributed by atoms with van der Waals surface area (Å²) < 4.78 is 93.0. The van der Waals surface area contributed by atoms with Gasteiger partial charge in [0.05, 0.1) is 24.5 Å². The van der Waals surface area contributed by atoms with Crippen LogP contribution in [0.5, 0.6) is 0 Å². The molecule has 3 aliphatic rings. The number of halogens is 6. The predicted molar refractivity (Wildman–Crippen MR) is 155 cm³/mol. The summed E-state index contributed by atoms with van der Waals surface area (Å²) in [6, 6.07) is 0.588. The Hall–Kier alpha value is -3.28. The largest absolute Gasteiger partial charge is 0.416 e. The van der Waals surface area contributed by atoms with Crippen molar-refractivity contribution in [3.05, 3.63) is 65.0 Å². The van der Waals surface area contributed by atoms with Crippen molar-refractivity contribution in [3.63, 3.8) is 0 Å². The van der Waals surface area contributed by atoms with Gasteiger partial charge in [0.15, 0.2) is 0 Å². The molecule has 1 aromatic carbocycles. The predicted octanol–water partition coefficient (Wildman–Crippen LogP) is 7.43. The van der Waals surface area contributed by atoms with Crippen LogP contribution >= 0.6 is 0 Å². The Balaban J connectivity index is 1.92. The highest BCUT2D eigenvalue weighted by atomic mass is 19.4. The molecule has 4 rings (SSSR count). The smallest absolute Gasteiger partial charge is 0.378 e. The van der Waals surface area contributed by atoms with Crippen LogP contribution in [0.15, 0.2) is 53.6 Å². The van der Waals surface area contributed by atoms with Crippen molar-refractivity contribution >= 4 is 17.6 Å². The highest BCUT2D eigenvalue weighted by Gasteiger charge is 2.44. The van der Waals surface area contributed by atoms with Crippen LogP contribution in [0.4, 0.5) is 36.8 Å². The maximum atomic E-state index is 16.0. The van der Waals surface area contributed by atoms with Crippen molar-refractivity contribution in [3.8, 4) is 0 Å². The maximum Gasteiger partial charge on any atom is 0.416 e. The fourth-order valence-electron chi connectivity index (χ4n) is 5.60. The van der Waals surface area contributed by atoms with E-state index in [2.05, 4.69) is 5.32 Å². The number of allylic oxidation sites excluding steroid dienone is 4. The lowest BCUT2D eigenvalue weighted by Crippen LogP contribution is -2.58. The van der Waals surface area contributed by atoms with Gasteiger partial charge in [-0.3, -0.25) is 9.69 Å². The van der Waals surface area contributed by atoms with Crippen LogP contribution < -0.4 is 10.2 Å². The lowest BCUT2D eigenvalue weighted by Gasteiger charge is -2.39. The number of carbonyl (C=O) groups is 2. The zero-order chi connectivity index (χ0) is 32.1. The van der Waals surface area contributed by atoms with Crippen molar-refractivity contribution in [2.24, 2.45) is 0 Å². The zero-order valence-electron chi connectivity index (χ0n) is 24.9. The summed E-state index contributed by atoms with van der Waals surface area (Å²) in [6.07, 6.45) is 0.431. The summed E-state index contributed by atoms with van der Waals surface area (Å²) in [5.74, 6) is -4.63. The van der Waals surface area contributed by atoms with Crippen molar-refractivity contribution < 1.29 is 40.7 Å². The molecule has 0 aromatic heterocycles. The Labute approximate surface area is 253 Å². The first-order chi connectivity index (χ1) is 20.9. The molecule has 0 radical (unpaired) electrons. The van der Waals surface area contributed by atoms with E-state index in [-0.39, 0.29) is 50.8 Å². The van der Waals surface area contributed by atoms with Gasteiger partial charge in [0.25, 0.3) is 0 Å². The highest BCUT2D eigenvalue weighted by molar-refractivity contribution is 6.02. The van der Waals surface area contributed by atoms with E-state index in [1.807, 2.05) is 0 Å². The lowest BCUT2D eigenvalue weighted by molar-refractivity contribution is -0.123. The molecule has 1 unspecified atom stereocenters. The number of morpholine rings is 1. The molecular formula is C32H39F6N3O3. The number of nitrogens with zero attached hydrogens (tertiary/aromatic N) is 2. The molecule has 1 saturated heterocycles. The van der Waals surface area contributed by atoms with Crippen LogP contribution in [0.1, 0.15) is 70.3 Å². The first-order valence-electron chi connectivity index (χ1n) is 15.1. The molecule has 0 spiro atoms. The summed E-state index contributed by atoms with van der Waals surface area (Å²) in [7, 11) is 0. The van der Waals surface area contributed by atoms with Gasteiger partial charge in [-0.25, -0.2) is 18.0 Å². The molecule has 0 bridgehead atoms. The fourth-order valence-corrected chi connectivity index (χ4v) is 5.60. The number of rotatable bonds is 9. The minimum Gasteiger partial charge on any atom is -0.378 e. The van der Waals surface area contributed by atoms with E-state index >= 15 is 4.39 Å². The number of alkyl halides is 5. The molecule has 1 heterocycles. The van der Waals surface area contributed by atoms with Crippen LogP contribution in [0.3, 0.4) is 0 Å². The Kier molecular flexibility index (Phi) is 10.9. The minimum atomic E-state index is -4.95. The Morgan fingerprint density at radius 2 is 1.77 bits per heavy atom. The molecule has 12 heteroatoms. The molecule has 1 aromatic rings. The number of anilines is 1. The lowest BCUT2D eigenvalue weighted by atomic mass is 9.91. The number of ether oxygens (including phenoxy) is 1. The second-order valence-corrected chi connectivity index (χ2v) is 11.5. The van der Waals surface area contributed by atoms with Crippen molar-refractivity contribution in [2.45, 2.75) is 88.9 Å². The number of amides is 3. The van der Waals surface area contributed by atoms with Gasteiger partial charge in [0, 0.05) is 32.0 Å². The summed E-state index contributed by atoms with van der Waals surface area (Å²) in [5, 5.41) is 2.64. The highest BCUT2D eigenvalue weighted by Crippen LogP contribution is 2.42. The molecule has 3 amide bonds. The van der Waals surface area contributed by atoms with E-state index < -0.39 is 65.9 Å². The number of urea groups is 1.